The van der Waals surface area contributed by atoms with Gasteiger partial charge in [-0.3, -0.25) is 4.79 Å². The zero-order valence-corrected chi connectivity index (χ0v) is 8.97. The molecular formula is C10H11F3N2O2. The normalized spacial score (nSPS) is 11.1. The summed E-state index contributed by atoms with van der Waals surface area (Å²) in [4.78, 5) is 11.5. The zero-order chi connectivity index (χ0) is 13.1. The minimum Gasteiger partial charge on any atom is -0.494 e. The molecule has 7 heteroatoms. The number of nitrogens with one attached hydrogen (secondary N) is 1. The van der Waals surface area contributed by atoms with Gasteiger partial charge in [0.2, 0.25) is 0 Å². The van der Waals surface area contributed by atoms with Gasteiger partial charge in [-0.1, -0.05) is 6.07 Å². The number of ether oxygens (including phenoxy) is 1. The first-order valence-corrected chi connectivity index (χ1v) is 4.62. The Morgan fingerprint density at radius 1 is 1.47 bits per heavy atom. The molecule has 0 aliphatic heterocycles. The molecule has 1 aromatic carbocycles. The number of para-hydroxylation sites is 1. The SMILES string of the molecule is COc1c(N)cccc1C(=O)NCC(F)(F)F. The predicted molar refractivity (Wildman–Crippen MR) is 55.8 cm³/mol. The van der Waals surface area contributed by atoms with Gasteiger partial charge in [-0.15, -0.1) is 0 Å². The first-order chi connectivity index (χ1) is 7.85. The molecular weight excluding hydrogens is 237 g/mol. The third-order valence-electron chi connectivity index (χ3n) is 1.94. The second kappa shape index (κ2) is 4.94. The molecule has 94 valence electrons. The molecule has 0 aliphatic carbocycles. The summed E-state index contributed by atoms with van der Waals surface area (Å²) in [7, 11) is 1.28. The summed E-state index contributed by atoms with van der Waals surface area (Å²) in [6.07, 6.45) is -4.46. The van der Waals surface area contributed by atoms with Crippen molar-refractivity contribution in [2.45, 2.75) is 6.18 Å². The van der Waals surface area contributed by atoms with E-state index in [4.69, 9.17) is 10.5 Å². The Balaban J connectivity index is 2.86. The lowest BCUT2D eigenvalue weighted by molar-refractivity contribution is -0.123. The van der Waals surface area contributed by atoms with Crippen LogP contribution >= 0.6 is 0 Å². The van der Waals surface area contributed by atoms with Gasteiger partial charge in [0.1, 0.15) is 6.54 Å². The molecule has 17 heavy (non-hydrogen) atoms. The second-order valence-corrected chi connectivity index (χ2v) is 3.23. The fraction of sp³-hybridized carbons (Fsp3) is 0.300. The Hall–Kier alpha value is -1.92. The van der Waals surface area contributed by atoms with Crippen LogP contribution in [0.15, 0.2) is 18.2 Å². The Bertz CT molecular complexity index is 419. The van der Waals surface area contributed by atoms with Crippen LogP contribution in [0.25, 0.3) is 0 Å². The van der Waals surface area contributed by atoms with Crippen molar-refractivity contribution in [3.63, 3.8) is 0 Å². The van der Waals surface area contributed by atoms with Crippen LogP contribution in [-0.2, 0) is 0 Å². The zero-order valence-electron chi connectivity index (χ0n) is 8.97. The van der Waals surface area contributed by atoms with Gasteiger partial charge in [-0.2, -0.15) is 13.2 Å². The van der Waals surface area contributed by atoms with Gasteiger partial charge in [-0.05, 0) is 12.1 Å². The van der Waals surface area contributed by atoms with Crippen LogP contribution in [0.1, 0.15) is 10.4 Å². The third kappa shape index (κ3) is 3.54. The van der Waals surface area contributed by atoms with Gasteiger partial charge in [0.15, 0.2) is 5.75 Å². The molecule has 0 bridgehead atoms. The lowest BCUT2D eigenvalue weighted by Crippen LogP contribution is -2.33. The Morgan fingerprint density at radius 3 is 2.65 bits per heavy atom. The number of nitrogens with two attached hydrogens (primary N) is 1. The largest absolute Gasteiger partial charge is 0.494 e. The number of hydrogen-bond donors (Lipinski definition) is 2. The van der Waals surface area contributed by atoms with Crippen LogP contribution in [0.5, 0.6) is 5.75 Å². The highest BCUT2D eigenvalue weighted by Crippen LogP contribution is 2.25. The van der Waals surface area contributed by atoms with Crippen molar-refractivity contribution in [1.82, 2.24) is 5.32 Å². The van der Waals surface area contributed by atoms with E-state index in [2.05, 4.69) is 0 Å². The molecule has 0 aliphatic rings. The quantitative estimate of drug-likeness (QED) is 0.798. The minimum absolute atomic E-state index is 0.0308. The number of alkyl halides is 3. The Kier molecular flexibility index (Phi) is 3.82. The van der Waals surface area contributed by atoms with Crippen molar-refractivity contribution in [2.24, 2.45) is 0 Å². The number of rotatable bonds is 3. The number of benzene rings is 1. The van der Waals surface area contributed by atoms with Gasteiger partial charge >= 0.3 is 6.18 Å². The van der Waals surface area contributed by atoms with Gasteiger partial charge in [0, 0.05) is 0 Å². The van der Waals surface area contributed by atoms with Crippen LogP contribution in [0.4, 0.5) is 18.9 Å². The lowest BCUT2D eigenvalue weighted by atomic mass is 10.1. The highest BCUT2D eigenvalue weighted by molar-refractivity contribution is 5.98. The highest BCUT2D eigenvalue weighted by Gasteiger charge is 2.28. The molecule has 0 unspecified atom stereocenters. The van der Waals surface area contributed by atoms with E-state index in [1.54, 1.807) is 5.32 Å². The van der Waals surface area contributed by atoms with Crippen molar-refractivity contribution in [3.05, 3.63) is 23.8 Å². The van der Waals surface area contributed by atoms with Crippen molar-refractivity contribution in [3.8, 4) is 5.75 Å². The Morgan fingerprint density at radius 2 is 2.12 bits per heavy atom. The first-order valence-electron chi connectivity index (χ1n) is 4.62. The number of carbonyl (C=O) groups is 1. The van der Waals surface area contributed by atoms with Crippen LogP contribution in [-0.4, -0.2) is 25.7 Å². The maximum absolute atomic E-state index is 11.9. The van der Waals surface area contributed by atoms with E-state index in [0.717, 1.165) is 0 Å². The lowest BCUT2D eigenvalue weighted by Gasteiger charge is -2.12. The summed E-state index contributed by atoms with van der Waals surface area (Å²) in [5.74, 6) is -0.821. The highest BCUT2D eigenvalue weighted by atomic mass is 19.4. The van der Waals surface area contributed by atoms with Crippen molar-refractivity contribution in [1.29, 1.82) is 0 Å². The summed E-state index contributed by atoms with van der Waals surface area (Å²) in [5, 5.41) is 1.74. The fourth-order valence-corrected chi connectivity index (χ4v) is 1.24. The van der Waals surface area contributed by atoms with E-state index in [-0.39, 0.29) is 17.0 Å². The predicted octanol–water partition coefficient (Wildman–Crippen LogP) is 1.57. The van der Waals surface area contributed by atoms with E-state index in [1.165, 1.54) is 25.3 Å². The smallest absolute Gasteiger partial charge is 0.405 e. The second-order valence-electron chi connectivity index (χ2n) is 3.23. The number of halogens is 3. The van der Waals surface area contributed by atoms with E-state index < -0.39 is 18.6 Å². The molecule has 0 aromatic heterocycles. The topological polar surface area (TPSA) is 64.3 Å². The van der Waals surface area contributed by atoms with Crippen LogP contribution in [0.2, 0.25) is 0 Å². The minimum atomic E-state index is -4.46. The maximum Gasteiger partial charge on any atom is 0.405 e. The number of carbonyl (C=O) groups excluding carboxylic acids is 1. The van der Waals surface area contributed by atoms with Crippen LogP contribution in [0.3, 0.4) is 0 Å². The van der Waals surface area contributed by atoms with E-state index in [9.17, 15) is 18.0 Å². The van der Waals surface area contributed by atoms with Gasteiger partial charge in [0.25, 0.3) is 5.91 Å². The standard InChI is InChI=1S/C10H11F3N2O2/c1-17-8-6(3-2-4-7(8)14)9(16)15-5-10(11,12)13/h2-4H,5,14H2,1H3,(H,15,16). The molecule has 0 radical (unpaired) electrons. The van der Waals surface area contributed by atoms with Crippen molar-refractivity contribution in [2.75, 3.05) is 19.4 Å². The van der Waals surface area contributed by atoms with Crippen molar-refractivity contribution >= 4 is 11.6 Å². The Labute approximate surface area is 95.6 Å². The first kappa shape index (κ1) is 13.1. The molecule has 0 heterocycles. The monoisotopic (exact) mass is 248 g/mol. The number of methoxy groups -OCH3 is 1. The molecule has 0 fully saturated rings. The molecule has 1 aromatic rings. The van der Waals surface area contributed by atoms with Gasteiger partial charge < -0.3 is 15.8 Å². The number of hydrogen-bond acceptors (Lipinski definition) is 3. The van der Waals surface area contributed by atoms with Crippen LogP contribution in [0, 0.1) is 0 Å². The molecule has 0 spiro atoms. The molecule has 0 saturated carbocycles. The van der Waals surface area contributed by atoms with Crippen molar-refractivity contribution < 1.29 is 22.7 Å². The third-order valence-corrected chi connectivity index (χ3v) is 1.94. The molecule has 3 N–H and O–H groups in total. The van der Waals surface area contributed by atoms with E-state index >= 15 is 0 Å². The number of amides is 1. The van der Waals surface area contributed by atoms with E-state index in [0.29, 0.717) is 0 Å². The number of nitrogen functional groups attached to an aromatic ring is 1. The van der Waals surface area contributed by atoms with Gasteiger partial charge in [-0.25, -0.2) is 0 Å². The molecule has 1 rings (SSSR count). The molecule has 0 atom stereocenters. The molecule has 1 amide bonds. The van der Waals surface area contributed by atoms with Gasteiger partial charge in [0.05, 0.1) is 18.4 Å². The summed E-state index contributed by atoms with van der Waals surface area (Å²) in [5.41, 5.74) is 5.68. The van der Waals surface area contributed by atoms with E-state index in [1.807, 2.05) is 0 Å². The summed E-state index contributed by atoms with van der Waals surface area (Å²) in [6.45, 7) is -1.40. The average molecular weight is 248 g/mol. The summed E-state index contributed by atoms with van der Waals surface area (Å²) < 4.78 is 40.6. The summed E-state index contributed by atoms with van der Waals surface area (Å²) in [6, 6.07) is 4.28. The number of anilines is 1. The summed E-state index contributed by atoms with van der Waals surface area (Å²) >= 11 is 0. The maximum atomic E-state index is 11.9. The fourth-order valence-electron chi connectivity index (χ4n) is 1.24. The molecule has 4 nitrogen and oxygen atoms in total. The average Bonchev–Trinajstić information content (AvgIpc) is 2.24. The molecule has 0 saturated heterocycles. The van der Waals surface area contributed by atoms with Crippen LogP contribution < -0.4 is 15.8 Å².